The highest BCUT2D eigenvalue weighted by molar-refractivity contribution is 6.03. The van der Waals surface area contributed by atoms with Crippen molar-refractivity contribution >= 4 is 11.6 Å². The van der Waals surface area contributed by atoms with Crippen LogP contribution >= 0.6 is 0 Å². The molecule has 2 N–H and O–H groups in total. The lowest BCUT2D eigenvalue weighted by Crippen LogP contribution is -2.13. The zero-order chi connectivity index (χ0) is 13.7. The summed E-state index contributed by atoms with van der Waals surface area (Å²) in [5, 5.41) is 15.0. The summed E-state index contributed by atoms with van der Waals surface area (Å²) < 4.78 is 4.88. The highest BCUT2D eigenvalue weighted by Crippen LogP contribution is 2.16. The second-order valence-electron chi connectivity index (χ2n) is 3.80. The van der Waals surface area contributed by atoms with Gasteiger partial charge in [-0.3, -0.25) is 4.79 Å². The molecule has 0 fully saturated rings. The molecule has 0 aliphatic heterocycles. The van der Waals surface area contributed by atoms with Gasteiger partial charge in [-0.05, 0) is 19.1 Å². The number of nitrogens with zero attached hydrogens (tertiary/aromatic N) is 1. The fourth-order valence-electron chi connectivity index (χ4n) is 1.52. The van der Waals surface area contributed by atoms with E-state index < -0.39 is 0 Å². The summed E-state index contributed by atoms with van der Waals surface area (Å²) in [6, 6.07) is 7.07. The second kappa shape index (κ2) is 5.85. The fraction of sp³-hybridized carbons (Fsp3) is 0.143. The molecule has 5 nitrogen and oxygen atoms in total. The Morgan fingerprint density at radius 3 is 2.95 bits per heavy atom. The summed E-state index contributed by atoms with van der Waals surface area (Å²) >= 11 is 0. The van der Waals surface area contributed by atoms with Crippen LogP contribution in [0.1, 0.15) is 21.7 Å². The van der Waals surface area contributed by atoms with Gasteiger partial charge in [0.2, 0.25) is 5.76 Å². The molecule has 0 aliphatic carbocycles. The van der Waals surface area contributed by atoms with Gasteiger partial charge in [-0.2, -0.15) is 0 Å². The van der Waals surface area contributed by atoms with Gasteiger partial charge in [-0.15, -0.1) is 0 Å². The van der Waals surface area contributed by atoms with E-state index in [9.17, 15) is 4.79 Å². The monoisotopic (exact) mass is 256 g/mol. The normalized spacial score (nSPS) is 9.58. The Balaban J connectivity index is 2.24. The number of anilines is 1. The number of carbonyl (C=O) groups excluding carboxylic acids is 1. The topological polar surface area (TPSA) is 75.4 Å². The molecule has 1 aromatic heterocycles. The third-order valence-electron chi connectivity index (χ3n) is 2.43. The van der Waals surface area contributed by atoms with Gasteiger partial charge in [-0.25, -0.2) is 0 Å². The average molecular weight is 256 g/mol. The number of aryl methyl sites for hydroxylation is 1. The Kier molecular flexibility index (Phi) is 3.96. The van der Waals surface area contributed by atoms with Crippen molar-refractivity contribution in [2.75, 3.05) is 11.9 Å². The van der Waals surface area contributed by atoms with Gasteiger partial charge >= 0.3 is 0 Å². The zero-order valence-electron chi connectivity index (χ0n) is 10.3. The van der Waals surface area contributed by atoms with Crippen LogP contribution in [0.2, 0.25) is 0 Å². The molecule has 1 amide bonds. The van der Waals surface area contributed by atoms with Crippen molar-refractivity contribution in [3.63, 3.8) is 0 Å². The largest absolute Gasteiger partial charge is 0.384 e. The predicted octanol–water partition coefficient (Wildman–Crippen LogP) is 1.58. The highest BCUT2D eigenvalue weighted by Gasteiger charge is 2.15. The Labute approximate surface area is 110 Å². The molecule has 0 radical (unpaired) electrons. The number of para-hydroxylation sites is 1. The third-order valence-corrected chi connectivity index (χ3v) is 2.43. The molecule has 1 heterocycles. The van der Waals surface area contributed by atoms with E-state index in [2.05, 4.69) is 22.3 Å². The number of aliphatic hydroxyl groups excluding tert-OH is 1. The summed E-state index contributed by atoms with van der Waals surface area (Å²) in [6.45, 7) is 1.51. The molecule has 0 atom stereocenters. The summed E-state index contributed by atoms with van der Waals surface area (Å²) in [4.78, 5) is 12.0. The number of aromatic nitrogens is 1. The molecule has 2 aromatic rings. The molecule has 5 heteroatoms. The predicted molar refractivity (Wildman–Crippen MR) is 69.6 cm³/mol. The number of hydrogen-bond donors (Lipinski definition) is 2. The minimum absolute atomic E-state index is 0.171. The van der Waals surface area contributed by atoms with E-state index in [1.807, 2.05) is 0 Å². The van der Waals surface area contributed by atoms with Gasteiger partial charge in [0.1, 0.15) is 6.61 Å². The fourth-order valence-corrected chi connectivity index (χ4v) is 1.52. The quantitative estimate of drug-likeness (QED) is 0.800. The first-order valence-electron chi connectivity index (χ1n) is 5.63. The maximum atomic E-state index is 12.0. The van der Waals surface area contributed by atoms with Crippen LogP contribution in [0, 0.1) is 18.8 Å². The molecule has 0 aliphatic rings. The molecule has 2 rings (SSSR count). The molecule has 19 heavy (non-hydrogen) atoms. The van der Waals surface area contributed by atoms with E-state index in [1.165, 1.54) is 6.20 Å². The van der Waals surface area contributed by atoms with E-state index in [-0.39, 0.29) is 18.3 Å². The van der Waals surface area contributed by atoms with E-state index in [4.69, 9.17) is 9.63 Å². The molecule has 0 bridgehead atoms. The summed E-state index contributed by atoms with van der Waals surface area (Å²) in [6.07, 6.45) is 1.48. The van der Waals surface area contributed by atoms with Gasteiger partial charge in [0.15, 0.2) is 0 Å². The lowest BCUT2D eigenvalue weighted by atomic mass is 10.1. The Morgan fingerprint density at radius 1 is 1.47 bits per heavy atom. The molecule has 0 saturated heterocycles. The first-order valence-corrected chi connectivity index (χ1v) is 5.63. The maximum Gasteiger partial charge on any atom is 0.294 e. The first-order chi connectivity index (χ1) is 9.22. The van der Waals surface area contributed by atoms with Crippen LogP contribution in [-0.4, -0.2) is 22.8 Å². The van der Waals surface area contributed by atoms with Crippen LogP contribution in [0.25, 0.3) is 0 Å². The highest BCUT2D eigenvalue weighted by atomic mass is 16.5. The standard InChI is InChI=1S/C14H12N2O3/c1-10-9-15-19-13(10)14(18)16-12-7-3-2-5-11(12)6-4-8-17/h2-3,5,7,9,17H,8H2,1H3,(H,16,18). The number of amides is 1. The Bertz CT molecular complexity index is 650. The van der Waals surface area contributed by atoms with Crippen molar-refractivity contribution in [2.45, 2.75) is 6.92 Å². The number of nitrogens with one attached hydrogen (secondary N) is 1. The summed E-state index contributed by atoms with van der Waals surface area (Å²) in [7, 11) is 0. The maximum absolute atomic E-state index is 12.0. The lowest BCUT2D eigenvalue weighted by molar-refractivity contribution is 0.0987. The van der Waals surface area contributed by atoms with Crippen molar-refractivity contribution in [1.29, 1.82) is 0 Å². The van der Waals surface area contributed by atoms with E-state index in [0.29, 0.717) is 16.8 Å². The van der Waals surface area contributed by atoms with Gasteiger partial charge in [0.25, 0.3) is 5.91 Å². The van der Waals surface area contributed by atoms with Crippen LogP contribution < -0.4 is 5.32 Å². The summed E-state index contributed by atoms with van der Waals surface area (Å²) in [5.74, 6) is 5.10. The van der Waals surface area contributed by atoms with Crippen molar-refractivity contribution in [3.8, 4) is 11.8 Å². The minimum atomic E-state index is -0.381. The van der Waals surface area contributed by atoms with Crippen LogP contribution in [-0.2, 0) is 0 Å². The molecule has 0 unspecified atom stereocenters. The molecular weight excluding hydrogens is 244 g/mol. The molecule has 96 valence electrons. The van der Waals surface area contributed by atoms with Gasteiger partial charge in [0.05, 0.1) is 11.9 Å². The van der Waals surface area contributed by atoms with Crippen molar-refractivity contribution in [3.05, 3.63) is 47.3 Å². The Morgan fingerprint density at radius 2 is 2.26 bits per heavy atom. The van der Waals surface area contributed by atoms with Crippen molar-refractivity contribution < 1.29 is 14.4 Å². The van der Waals surface area contributed by atoms with Crippen molar-refractivity contribution in [2.24, 2.45) is 0 Å². The smallest absolute Gasteiger partial charge is 0.294 e. The summed E-state index contributed by atoms with van der Waals surface area (Å²) in [5.41, 5.74) is 1.85. The minimum Gasteiger partial charge on any atom is -0.384 e. The van der Waals surface area contributed by atoms with E-state index >= 15 is 0 Å². The number of hydrogen-bond acceptors (Lipinski definition) is 4. The second-order valence-corrected chi connectivity index (χ2v) is 3.80. The Hall–Kier alpha value is -2.58. The van der Waals surface area contributed by atoms with Gasteiger partial charge < -0.3 is 14.9 Å². The third kappa shape index (κ3) is 3.00. The number of aliphatic hydroxyl groups is 1. The number of rotatable bonds is 2. The van der Waals surface area contributed by atoms with Crippen LogP contribution in [0.4, 0.5) is 5.69 Å². The molecule has 0 saturated carbocycles. The van der Waals surface area contributed by atoms with Crippen LogP contribution in [0.15, 0.2) is 35.0 Å². The van der Waals surface area contributed by atoms with Gasteiger partial charge in [-0.1, -0.05) is 29.1 Å². The van der Waals surface area contributed by atoms with Crippen molar-refractivity contribution in [1.82, 2.24) is 5.16 Å². The first kappa shape index (κ1) is 12.9. The average Bonchev–Trinajstić information content (AvgIpc) is 2.84. The van der Waals surface area contributed by atoms with Crippen LogP contribution in [0.3, 0.4) is 0 Å². The molecule has 0 spiro atoms. The SMILES string of the molecule is Cc1cnoc1C(=O)Nc1ccccc1C#CCO. The van der Waals surface area contributed by atoms with Gasteiger partial charge in [0, 0.05) is 11.1 Å². The lowest BCUT2D eigenvalue weighted by Gasteiger charge is -2.05. The molecule has 1 aromatic carbocycles. The van der Waals surface area contributed by atoms with Crippen LogP contribution in [0.5, 0.6) is 0 Å². The molecular formula is C14H12N2O3. The zero-order valence-corrected chi connectivity index (χ0v) is 10.3. The van der Waals surface area contributed by atoms with E-state index in [0.717, 1.165) is 0 Å². The number of benzene rings is 1. The van der Waals surface area contributed by atoms with E-state index in [1.54, 1.807) is 31.2 Å². The number of carbonyl (C=O) groups is 1.